The first-order chi connectivity index (χ1) is 11.2. The second-order valence-electron chi connectivity index (χ2n) is 5.50. The number of halogens is 3. The van der Waals surface area contributed by atoms with Crippen molar-refractivity contribution in [2.75, 3.05) is 19.0 Å². The van der Waals surface area contributed by atoms with Crippen LogP contribution < -0.4 is 10.6 Å². The summed E-state index contributed by atoms with van der Waals surface area (Å²) in [4.78, 5) is 16.9. The van der Waals surface area contributed by atoms with E-state index in [9.17, 15) is 18.0 Å². The number of rotatable bonds is 6. The molecule has 24 heavy (non-hydrogen) atoms. The lowest BCUT2D eigenvalue weighted by atomic mass is 9.93. The van der Waals surface area contributed by atoms with Crippen molar-refractivity contribution >= 4 is 11.6 Å². The van der Waals surface area contributed by atoms with Gasteiger partial charge >= 0.3 is 12.1 Å². The number of alkyl halides is 3. The van der Waals surface area contributed by atoms with Crippen molar-refractivity contribution in [2.24, 2.45) is 5.73 Å². The molecular formula is C15H17F3N4O2. The fraction of sp³-hybridized carbons (Fsp3) is 0.400. The summed E-state index contributed by atoms with van der Waals surface area (Å²) < 4.78 is 41.5. The average molecular weight is 342 g/mol. The van der Waals surface area contributed by atoms with Crippen LogP contribution in [-0.4, -0.2) is 30.1 Å². The minimum atomic E-state index is -4.69. The number of hydrogen-bond acceptors (Lipinski definition) is 5. The molecule has 0 saturated carbocycles. The Hall–Kier alpha value is -2.58. The van der Waals surface area contributed by atoms with Crippen molar-refractivity contribution in [1.82, 2.24) is 10.1 Å². The smallest absolute Gasteiger partial charge is 0.378 e. The second kappa shape index (κ2) is 6.90. The molecular weight excluding hydrogens is 325 g/mol. The van der Waals surface area contributed by atoms with E-state index >= 15 is 0 Å². The van der Waals surface area contributed by atoms with Gasteiger partial charge < -0.3 is 15.2 Å². The lowest BCUT2D eigenvalue weighted by molar-refractivity contribution is -0.159. The Kier molecular flexibility index (Phi) is 5.10. The van der Waals surface area contributed by atoms with E-state index in [1.165, 1.54) is 0 Å². The topological polar surface area (TPSA) is 85.2 Å². The van der Waals surface area contributed by atoms with Crippen molar-refractivity contribution in [3.05, 3.63) is 41.5 Å². The van der Waals surface area contributed by atoms with Crippen LogP contribution in [0.5, 0.6) is 0 Å². The number of carbonyl (C=O) groups is 1. The van der Waals surface area contributed by atoms with Crippen LogP contribution >= 0.6 is 0 Å². The van der Waals surface area contributed by atoms with Gasteiger partial charge in [0.25, 0.3) is 0 Å². The Morgan fingerprint density at radius 3 is 2.62 bits per heavy atom. The van der Waals surface area contributed by atoms with E-state index in [1.807, 2.05) is 31.1 Å². The number of aromatic nitrogens is 2. The van der Waals surface area contributed by atoms with Crippen molar-refractivity contribution < 1.29 is 22.5 Å². The number of hydrogen-bond donors (Lipinski definition) is 1. The van der Waals surface area contributed by atoms with E-state index in [-0.39, 0.29) is 18.7 Å². The molecule has 0 saturated heterocycles. The number of benzene rings is 1. The molecule has 1 aromatic carbocycles. The molecule has 1 aromatic heterocycles. The Morgan fingerprint density at radius 1 is 1.38 bits per heavy atom. The number of aryl methyl sites for hydroxylation is 1. The van der Waals surface area contributed by atoms with Crippen LogP contribution in [0.15, 0.2) is 28.8 Å². The summed E-state index contributed by atoms with van der Waals surface area (Å²) in [7, 11) is 3.72. The maximum absolute atomic E-state index is 12.4. The van der Waals surface area contributed by atoms with Gasteiger partial charge in [-0.3, -0.25) is 4.79 Å². The average Bonchev–Trinajstić information content (AvgIpc) is 2.96. The van der Waals surface area contributed by atoms with E-state index in [0.717, 1.165) is 5.69 Å². The molecule has 0 bridgehead atoms. The molecule has 1 unspecified atom stereocenters. The molecule has 1 atom stereocenters. The number of amides is 1. The van der Waals surface area contributed by atoms with Gasteiger partial charge in [0.1, 0.15) is 0 Å². The van der Waals surface area contributed by atoms with Gasteiger partial charge in [-0.2, -0.15) is 18.2 Å². The predicted molar refractivity (Wildman–Crippen MR) is 80.3 cm³/mol. The van der Waals surface area contributed by atoms with Crippen molar-refractivity contribution in [3.8, 4) is 0 Å². The largest absolute Gasteiger partial charge is 0.471 e. The van der Waals surface area contributed by atoms with Gasteiger partial charge in [0.05, 0.1) is 5.92 Å². The van der Waals surface area contributed by atoms with Crippen molar-refractivity contribution in [1.29, 1.82) is 0 Å². The lowest BCUT2D eigenvalue weighted by Crippen LogP contribution is -2.22. The summed E-state index contributed by atoms with van der Waals surface area (Å²) in [6.07, 6.45) is -4.46. The van der Waals surface area contributed by atoms with E-state index in [2.05, 4.69) is 14.7 Å². The molecule has 0 aliphatic rings. The molecule has 2 rings (SSSR count). The molecule has 2 N–H and O–H groups in total. The van der Waals surface area contributed by atoms with E-state index < -0.39 is 23.9 Å². The van der Waals surface area contributed by atoms with Gasteiger partial charge in [-0.25, -0.2) is 0 Å². The van der Waals surface area contributed by atoms with Gasteiger partial charge in [0.15, 0.2) is 5.82 Å². The van der Waals surface area contributed by atoms with Crippen LogP contribution in [0.1, 0.15) is 29.6 Å². The zero-order chi connectivity index (χ0) is 17.9. The van der Waals surface area contributed by atoms with E-state index in [1.54, 1.807) is 12.1 Å². The highest BCUT2D eigenvalue weighted by atomic mass is 19.4. The molecule has 6 nitrogen and oxygen atoms in total. The predicted octanol–water partition coefficient (Wildman–Crippen LogP) is 2.36. The molecule has 2 aromatic rings. The molecule has 130 valence electrons. The number of anilines is 1. The Labute approximate surface area is 136 Å². The normalized spacial score (nSPS) is 12.9. The highest BCUT2D eigenvalue weighted by Crippen LogP contribution is 2.28. The summed E-state index contributed by atoms with van der Waals surface area (Å²) in [5, 5.41) is 3.29. The molecule has 0 radical (unpaired) electrons. The van der Waals surface area contributed by atoms with E-state index in [4.69, 9.17) is 5.73 Å². The van der Waals surface area contributed by atoms with Crippen LogP contribution in [0.3, 0.4) is 0 Å². The maximum atomic E-state index is 12.4. The third kappa shape index (κ3) is 4.24. The van der Waals surface area contributed by atoms with Gasteiger partial charge in [0.2, 0.25) is 5.91 Å². The second-order valence-corrected chi connectivity index (χ2v) is 5.50. The van der Waals surface area contributed by atoms with Crippen LogP contribution in [0, 0.1) is 0 Å². The third-order valence-corrected chi connectivity index (χ3v) is 3.50. The molecule has 0 spiro atoms. The van der Waals surface area contributed by atoms with Crippen LogP contribution in [0.2, 0.25) is 0 Å². The first-order valence-electron chi connectivity index (χ1n) is 7.15. The zero-order valence-electron chi connectivity index (χ0n) is 13.2. The molecule has 0 aliphatic carbocycles. The van der Waals surface area contributed by atoms with Crippen LogP contribution in [0.25, 0.3) is 0 Å². The number of carbonyl (C=O) groups excluding carboxylic acids is 1. The maximum Gasteiger partial charge on any atom is 0.471 e. The summed E-state index contributed by atoms with van der Waals surface area (Å²) in [6.45, 7) is 0. The number of primary amides is 1. The Balaban J connectivity index is 2.13. The van der Waals surface area contributed by atoms with Crippen molar-refractivity contribution in [3.63, 3.8) is 0 Å². The summed E-state index contributed by atoms with van der Waals surface area (Å²) in [5.41, 5.74) is 7.01. The standard InChI is InChI=1S/C15H17F3N4O2/c1-22(2)10-5-3-4-9(8-10)11(13(19)23)6-7-12-20-14(24-21-12)15(16,17)18/h3-5,8,11H,6-7H2,1-2H3,(H2,19,23). The molecule has 0 fully saturated rings. The minimum Gasteiger partial charge on any atom is -0.378 e. The highest BCUT2D eigenvalue weighted by molar-refractivity contribution is 5.82. The van der Waals surface area contributed by atoms with Gasteiger partial charge in [-0.1, -0.05) is 17.3 Å². The summed E-state index contributed by atoms with van der Waals surface area (Å²) in [5.74, 6) is -2.73. The van der Waals surface area contributed by atoms with E-state index in [0.29, 0.717) is 5.56 Å². The monoisotopic (exact) mass is 342 g/mol. The Morgan fingerprint density at radius 2 is 2.08 bits per heavy atom. The highest BCUT2D eigenvalue weighted by Gasteiger charge is 2.38. The van der Waals surface area contributed by atoms with Gasteiger partial charge in [0, 0.05) is 26.2 Å². The lowest BCUT2D eigenvalue weighted by Gasteiger charge is -2.17. The van der Waals surface area contributed by atoms with Gasteiger partial charge in [-0.15, -0.1) is 0 Å². The zero-order valence-corrected chi connectivity index (χ0v) is 13.2. The van der Waals surface area contributed by atoms with Crippen LogP contribution in [0.4, 0.5) is 18.9 Å². The number of nitrogens with two attached hydrogens (primary N) is 1. The van der Waals surface area contributed by atoms with Crippen LogP contribution in [-0.2, 0) is 17.4 Å². The minimum absolute atomic E-state index is 0.0411. The molecule has 0 aliphatic heterocycles. The fourth-order valence-corrected chi connectivity index (χ4v) is 2.24. The molecule has 1 amide bonds. The first-order valence-corrected chi connectivity index (χ1v) is 7.15. The van der Waals surface area contributed by atoms with Gasteiger partial charge in [-0.05, 0) is 24.1 Å². The molecule has 9 heteroatoms. The SMILES string of the molecule is CN(C)c1cccc(C(CCc2noc(C(F)(F)F)n2)C(N)=O)c1. The fourth-order valence-electron chi connectivity index (χ4n) is 2.24. The first kappa shape index (κ1) is 17.8. The number of nitrogens with zero attached hydrogens (tertiary/aromatic N) is 3. The summed E-state index contributed by atoms with van der Waals surface area (Å²) >= 11 is 0. The third-order valence-electron chi connectivity index (χ3n) is 3.50. The molecule has 1 heterocycles. The quantitative estimate of drug-likeness (QED) is 0.871. The van der Waals surface area contributed by atoms with Crippen molar-refractivity contribution in [2.45, 2.75) is 24.9 Å². The Bertz CT molecular complexity index is 713. The summed E-state index contributed by atoms with van der Waals surface area (Å²) in [6, 6.07) is 7.22.